The van der Waals surface area contributed by atoms with Gasteiger partial charge in [0, 0.05) is 11.1 Å². The Bertz CT molecular complexity index is 519. The first-order valence-corrected chi connectivity index (χ1v) is 7.12. The number of benzene rings is 2. The van der Waals surface area contributed by atoms with Crippen LogP contribution in [0.2, 0.25) is 5.02 Å². The number of hydrogen-bond donors (Lipinski definition) is 1. The molecule has 1 atom stereocenters. The van der Waals surface area contributed by atoms with Crippen molar-refractivity contribution in [2.75, 3.05) is 7.05 Å². The second-order valence-corrected chi connectivity index (χ2v) is 5.14. The van der Waals surface area contributed by atoms with Gasteiger partial charge in [-0.1, -0.05) is 61.0 Å². The molecule has 0 aromatic heterocycles. The molecule has 1 unspecified atom stereocenters. The fraction of sp³-hybridized carbons (Fsp3) is 0.294. The number of rotatable bonds is 5. The van der Waals surface area contributed by atoms with Gasteiger partial charge in [-0.3, -0.25) is 0 Å². The normalized spacial score (nSPS) is 12.4. The van der Waals surface area contributed by atoms with Gasteiger partial charge in [0.25, 0.3) is 0 Å². The summed E-state index contributed by atoms with van der Waals surface area (Å²) in [5.74, 6) is 0. The van der Waals surface area contributed by atoms with Crippen molar-refractivity contribution in [3.63, 3.8) is 0 Å². The average molecular weight is 274 g/mol. The molecular weight excluding hydrogens is 254 g/mol. The molecule has 19 heavy (non-hydrogen) atoms. The molecule has 1 nitrogen and oxygen atoms in total. The highest BCUT2D eigenvalue weighted by Gasteiger charge is 2.11. The van der Waals surface area contributed by atoms with Gasteiger partial charge in [-0.2, -0.15) is 0 Å². The molecular formula is C17H20ClN. The predicted molar refractivity (Wildman–Crippen MR) is 82.8 cm³/mol. The van der Waals surface area contributed by atoms with Crippen molar-refractivity contribution in [3.8, 4) is 0 Å². The fourth-order valence-electron chi connectivity index (χ4n) is 2.26. The molecule has 0 saturated heterocycles. The van der Waals surface area contributed by atoms with Crippen LogP contribution in [0.3, 0.4) is 0 Å². The Morgan fingerprint density at radius 1 is 1.05 bits per heavy atom. The van der Waals surface area contributed by atoms with Gasteiger partial charge in [0.05, 0.1) is 0 Å². The van der Waals surface area contributed by atoms with Crippen LogP contribution >= 0.6 is 11.6 Å². The summed E-state index contributed by atoms with van der Waals surface area (Å²) < 4.78 is 0. The van der Waals surface area contributed by atoms with Crippen LogP contribution in [0.15, 0.2) is 48.5 Å². The van der Waals surface area contributed by atoms with E-state index in [2.05, 4.69) is 42.6 Å². The van der Waals surface area contributed by atoms with E-state index in [0.717, 1.165) is 17.9 Å². The van der Waals surface area contributed by atoms with Gasteiger partial charge >= 0.3 is 0 Å². The third-order valence-corrected chi connectivity index (χ3v) is 3.89. The molecule has 2 heteroatoms. The summed E-state index contributed by atoms with van der Waals surface area (Å²) >= 11 is 6.23. The summed E-state index contributed by atoms with van der Waals surface area (Å²) in [5.41, 5.74) is 3.86. The Kier molecular flexibility index (Phi) is 5.00. The lowest BCUT2D eigenvalue weighted by molar-refractivity contribution is 0.592. The van der Waals surface area contributed by atoms with Gasteiger partial charge in [-0.15, -0.1) is 0 Å². The van der Waals surface area contributed by atoms with Crippen molar-refractivity contribution in [3.05, 3.63) is 70.2 Å². The van der Waals surface area contributed by atoms with Gasteiger partial charge in [0.15, 0.2) is 0 Å². The molecule has 0 amide bonds. The Labute approximate surface area is 120 Å². The largest absolute Gasteiger partial charge is 0.313 e. The summed E-state index contributed by atoms with van der Waals surface area (Å²) in [4.78, 5) is 0. The molecule has 0 radical (unpaired) electrons. The van der Waals surface area contributed by atoms with Crippen molar-refractivity contribution < 1.29 is 0 Å². The molecule has 2 rings (SSSR count). The minimum atomic E-state index is 0.297. The second kappa shape index (κ2) is 6.74. The topological polar surface area (TPSA) is 12.0 Å². The standard InChI is InChI=1S/C17H20ClN/c1-3-13-8-10-14(11-9-13)17(19-2)12-15-6-4-5-7-16(15)18/h4-11,17,19H,3,12H2,1-2H3. The number of likely N-dealkylation sites (N-methyl/N-ethyl adjacent to an activating group) is 1. The van der Waals surface area contributed by atoms with Gasteiger partial charge in [-0.05, 0) is 42.6 Å². The summed E-state index contributed by atoms with van der Waals surface area (Å²) in [6.07, 6.45) is 1.98. The van der Waals surface area contributed by atoms with Crippen LogP contribution < -0.4 is 5.32 Å². The SMILES string of the molecule is CCc1ccc(C(Cc2ccccc2Cl)NC)cc1. The zero-order valence-corrected chi connectivity index (χ0v) is 12.2. The summed E-state index contributed by atoms with van der Waals surface area (Å²) in [6, 6.07) is 17.2. The first-order valence-electron chi connectivity index (χ1n) is 6.74. The van der Waals surface area contributed by atoms with Gasteiger partial charge < -0.3 is 5.32 Å². The molecule has 0 heterocycles. The van der Waals surface area contributed by atoms with Crippen LogP contribution in [0.1, 0.15) is 29.7 Å². The second-order valence-electron chi connectivity index (χ2n) is 4.73. The van der Waals surface area contributed by atoms with E-state index in [-0.39, 0.29) is 0 Å². The Balaban J connectivity index is 2.17. The van der Waals surface area contributed by atoms with Gasteiger partial charge in [0.2, 0.25) is 0 Å². The molecule has 1 N–H and O–H groups in total. The van der Waals surface area contributed by atoms with Crippen LogP contribution in [0.25, 0.3) is 0 Å². The van der Waals surface area contributed by atoms with Gasteiger partial charge in [-0.25, -0.2) is 0 Å². The number of halogens is 1. The van der Waals surface area contributed by atoms with Gasteiger partial charge in [0.1, 0.15) is 0 Å². The van der Waals surface area contributed by atoms with Crippen molar-refractivity contribution in [2.24, 2.45) is 0 Å². The number of hydrogen-bond acceptors (Lipinski definition) is 1. The average Bonchev–Trinajstić information content (AvgIpc) is 2.47. The molecule has 0 fully saturated rings. The van der Waals surface area contributed by atoms with E-state index in [9.17, 15) is 0 Å². The molecule has 0 bridgehead atoms. The van der Waals surface area contributed by atoms with E-state index in [1.54, 1.807) is 0 Å². The van der Waals surface area contributed by atoms with Crippen LogP contribution in [0.5, 0.6) is 0 Å². The molecule has 2 aromatic rings. The smallest absolute Gasteiger partial charge is 0.0438 e. The molecule has 0 saturated carbocycles. The summed E-state index contributed by atoms with van der Waals surface area (Å²) in [7, 11) is 2.00. The third kappa shape index (κ3) is 3.59. The maximum atomic E-state index is 6.23. The molecule has 100 valence electrons. The first-order chi connectivity index (χ1) is 9.24. The Morgan fingerprint density at radius 2 is 1.74 bits per heavy atom. The minimum absolute atomic E-state index is 0.297. The molecule has 0 aliphatic heterocycles. The van der Waals surface area contributed by atoms with Crippen LogP contribution in [-0.4, -0.2) is 7.05 Å². The highest BCUT2D eigenvalue weighted by molar-refractivity contribution is 6.31. The highest BCUT2D eigenvalue weighted by atomic mass is 35.5. The maximum Gasteiger partial charge on any atom is 0.0438 e. The molecule has 0 aliphatic rings. The van der Waals surface area contributed by atoms with Crippen molar-refractivity contribution in [1.29, 1.82) is 0 Å². The van der Waals surface area contributed by atoms with Crippen LogP contribution in [0.4, 0.5) is 0 Å². The minimum Gasteiger partial charge on any atom is -0.313 e. The lowest BCUT2D eigenvalue weighted by atomic mass is 9.97. The summed E-state index contributed by atoms with van der Waals surface area (Å²) in [6.45, 7) is 2.17. The maximum absolute atomic E-state index is 6.23. The summed E-state index contributed by atoms with van der Waals surface area (Å²) in [5, 5.41) is 4.21. The van der Waals surface area contributed by atoms with Crippen molar-refractivity contribution in [1.82, 2.24) is 5.32 Å². The lowest BCUT2D eigenvalue weighted by Gasteiger charge is -2.18. The van der Waals surface area contributed by atoms with E-state index in [1.807, 2.05) is 25.2 Å². The van der Waals surface area contributed by atoms with Crippen LogP contribution in [-0.2, 0) is 12.8 Å². The number of aryl methyl sites for hydroxylation is 1. The van der Waals surface area contributed by atoms with Crippen molar-refractivity contribution in [2.45, 2.75) is 25.8 Å². The van der Waals surface area contributed by atoms with E-state index in [4.69, 9.17) is 11.6 Å². The third-order valence-electron chi connectivity index (χ3n) is 3.52. The first kappa shape index (κ1) is 14.1. The van der Waals surface area contributed by atoms with Crippen LogP contribution in [0, 0.1) is 0 Å². The Morgan fingerprint density at radius 3 is 2.32 bits per heavy atom. The molecule has 0 spiro atoms. The fourth-order valence-corrected chi connectivity index (χ4v) is 2.47. The van der Waals surface area contributed by atoms with Crippen molar-refractivity contribution >= 4 is 11.6 Å². The predicted octanol–water partition coefficient (Wildman–Crippen LogP) is 4.41. The zero-order valence-electron chi connectivity index (χ0n) is 11.5. The van der Waals surface area contributed by atoms with E-state index < -0.39 is 0 Å². The lowest BCUT2D eigenvalue weighted by Crippen LogP contribution is -2.19. The van der Waals surface area contributed by atoms with E-state index >= 15 is 0 Å². The van der Waals surface area contributed by atoms with E-state index in [1.165, 1.54) is 16.7 Å². The zero-order chi connectivity index (χ0) is 13.7. The monoisotopic (exact) mass is 273 g/mol. The quantitative estimate of drug-likeness (QED) is 0.851. The van der Waals surface area contributed by atoms with E-state index in [0.29, 0.717) is 6.04 Å². The Hall–Kier alpha value is -1.31. The highest BCUT2D eigenvalue weighted by Crippen LogP contribution is 2.23. The molecule has 2 aromatic carbocycles. The molecule has 0 aliphatic carbocycles. The number of nitrogens with one attached hydrogen (secondary N) is 1.